The highest BCUT2D eigenvalue weighted by Crippen LogP contribution is 2.33. The fraction of sp³-hybridized carbons (Fsp3) is 0.533. The second-order valence-electron chi connectivity index (χ2n) is 4.50. The van der Waals surface area contributed by atoms with Gasteiger partial charge in [-0.1, -0.05) is 19.9 Å². The van der Waals surface area contributed by atoms with E-state index in [9.17, 15) is 18.0 Å². The summed E-state index contributed by atoms with van der Waals surface area (Å²) in [6, 6.07) is 5.15. The highest BCUT2D eigenvalue weighted by Gasteiger charge is 2.33. The molecule has 1 heterocycles. The van der Waals surface area contributed by atoms with Gasteiger partial charge in [0.25, 0.3) is 0 Å². The lowest BCUT2D eigenvalue weighted by Gasteiger charge is -2.19. The van der Waals surface area contributed by atoms with Crippen LogP contribution in [0.4, 0.5) is 18.9 Å². The SMILES string of the molecule is CC.COC(=O)C1CCN(c2cccc(C(F)(F)F)c2)C1. The molecule has 118 valence electrons. The quantitative estimate of drug-likeness (QED) is 0.780. The van der Waals surface area contributed by atoms with Crippen LogP contribution < -0.4 is 4.90 Å². The number of nitrogens with zero attached hydrogens (tertiary/aromatic N) is 1. The number of hydrogen-bond acceptors (Lipinski definition) is 3. The highest BCUT2D eigenvalue weighted by atomic mass is 19.4. The molecular weight excluding hydrogens is 283 g/mol. The third-order valence-electron chi connectivity index (χ3n) is 3.26. The van der Waals surface area contributed by atoms with Gasteiger partial charge in [0, 0.05) is 18.8 Å². The molecule has 0 saturated carbocycles. The van der Waals surface area contributed by atoms with E-state index in [-0.39, 0.29) is 11.9 Å². The molecule has 0 bridgehead atoms. The van der Waals surface area contributed by atoms with Crippen molar-refractivity contribution in [1.82, 2.24) is 0 Å². The summed E-state index contributed by atoms with van der Waals surface area (Å²) in [5.74, 6) is -0.575. The minimum absolute atomic E-state index is 0.264. The Balaban J connectivity index is 0.00000106. The van der Waals surface area contributed by atoms with Crippen molar-refractivity contribution in [2.75, 3.05) is 25.1 Å². The lowest BCUT2D eigenvalue weighted by atomic mass is 10.1. The zero-order valence-electron chi connectivity index (χ0n) is 12.4. The van der Waals surface area contributed by atoms with Crippen molar-refractivity contribution in [2.24, 2.45) is 5.92 Å². The van der Waals surface area contributed by atoms with Gasteiger partial charge in [0.1, 0.15) is 0 Å². The summed E-state index contributed by atoms with van der Waals surface area (Å²) >= 11 is 0. The van der Waals surface area contributed by atoms with E-state index in [2.05, 4.69) is 4.74 Å². The third kappa shape index (κ3) is 4.37. The third-order valence-corrected chi connectivity index (χ3v) is 3.26. The maximum Gasteiger partial charge on any atom is 0.416 e. The van der Waals surface area contributed by atoms with E-state index in [4.69, 9.17) is 0 Å². The van der Waals surface area contributed by atoms with Gasteiger partial charge in [-0.05, 0) is 24.6 Å². The zero-order chi connectivity index (χ0) is 16.0. The molecule has 3 nitrogen and oxygen atoms in total. The molecule has 1 aliphatic heterocycles. The molecule has 1 unspecified atom stereocenters. The zero-order valence-corrected chi connectivity index (χ0v) is 12.4. The highest BCUT2D eigenvalue weighted by molar-refractivity contribution is 5.74. The first-order chi connectivity index (χ1) is 9.91. The number of methoxy groups -OCH3 is 1. The van der Waals surface area contributed by atoms with Crippen molar-refractivity contribution in [3.63, 3.8) is 0 Å². The topological polar surface area (TPSA) is 29.5 Å². The van der Waals surface area contributed by atoms with Crippen molar-refractivity contribution in [2.45, 2.75) is 26.4 Å². The van der Waals surface area contributed by atoms with Crippen LogP contribution in [0.5, 0.6) is 0 Å². The maximum absolute atomic E-state index is 12.6. The summed E-state index contributed by atoms with van der Waals surface area (Å²) in [7, 11) is 1.31. The predicted octanol–water partition coefficient (Wildman–Crippen LogP) is 3.73. The van der Waals surface area contributed by atoms with Gasteiger partial charge in [-0.2, -0.15) is 13.2 Å². The summed E-state index contributed by atoms with van der Waals surface area (Å²) in [6.45, 7) is 4.95. The van der Waals surface area contributed by atoms with Crippen LogP contribution in [0.15, 0.2) is 24.3 Å². The fourth-order valence-corrected chi connectivity index (χ4v) is 2.23. The number of alkyl halides is 3. The lowest BCUT2D eigenvalue weighted by molar-refractivity contribution is -0.144. The molecule has 1 aromatic carbocycles. The maximum atomic E-state index is 12.6. The molecule has 1 saturated heterocycles. The molecule has 0 spiro atoms. The summed E-state index contributed by atoms with van der Waals surface area (Å²) in [5.41, 5.74) is -0.187. The summed E-state index contributed by atoms with van der Waals surface area (Å²) < 4.78 is 42.5. The molecule has 0 radical (unpaired) electrons. The second-order valence-corrected chi connectivity index (χ2v) is 4.50. The molecule has 1 fully saturated rings. The first kappa shape index (κ1) is 17.3. The molecule has 0 aliphatic carbocycles. The average molecular weight is 303 g/mol. The molecule has 0 aromatic heterocycles. The first-order valence-corrected chi connectivity index (χ1v) is 6.92. The minimum atomic E-state index is -4.35. The predicted molar refractivity (Wildman–Crippen MR) is 75.1 cm³/mol. The van der Waals surface area contributed by atoms with Crippen LogP contribution in [0.2, 0.25) is 0 Å². The van der Waals surface area contributed by atoms with E-state index in [0.717, 1.165) is 12.1 Å². The number of anilines is 1. The Morgan fingerprint density at radius 2 is 2.00 bits per heavy atom. The Labute approximate surface area is 122 Å². The molecule has 1 atom stereocenters. The largest absolute Gasteiger partial charge is 0.469 e. The van der Waals surface area contributed by atoms with Crippen molar-refractivity contribution in [3.05, 3.63) is 29.8 Å². The van der Waals surface area contributed by atoms with Crippen LogP contribution in [-0.2, 0) is 15.7 Å². The molecule has 1 aromatic rings. The van der Waals surface area contributed by atoms with Crippen LogP contribution in [0.25, 0.3) is 0 Å². The molecule has 1 aliphatic rings. The Bertz CT molecular complexity index is 474. The number of ether oxygens (including phenoxy) is 1. The van der Waals surface area contributed by atoms with Gasteiger partial charge in [-0.25, -0.2) is 0 Å². The van der Waals surface area contributed by atoms with Gasteiger partial charge in [-0.3, -0.25) is 4.79 Å². The van der Waals surface area contributed by atoms with Crippen LogP contribution in [0, 0.1) is 5.92 Å². The van der Waals surface area contributed by atoms with Crippen LogP contribution in [0.1, 0.15) is 25.8 Å². The Morgan fingerprint density at radius 3 is 2.57 bits per heavy atom. The van der Waals surface area contributed by atoms with Crippen molar-refractivity contribution < 1.29 is 22.7 Å². The molecule has 0 amide bonds. The number of halogens is 3. The molecular formula is C15H20F3NO2. The van der Waals surface area contributed by atoms with Gasteiger partial charge < -0.3 is 9.64 Å². The summed E-state index contributed by atoms with van der Waals surface area (Å²) in [6.07, 6.45) is -3.75. The van der Waals surface area contributed by atoms with E-state index in [1.165, 1.54) is 13.2 Å². The Morgan fingerprint density at radius 1 is 1.33 bits per heavy atom. The first-order valence-electron chi connectivity index (χ1n) is 6.92. The second kappa shape index (κ2) is 7.33. The standard InChI is InChI=1S/C13H14F3NO2.C2H6/c1-19-12(18)9-5-6-17(8-9)11-4-2-3-10(7-11)13(14,15)16;1-2/h2-4,7,9H,5-6,8H2,1H3;1-2H3. The fourth-order valence-electron chi connectivity index (χ4n) is 2.23. The van der Waals surface area contributed by atoms with Gasteiger partial charge in [-0.15, -0.1) is 0 Å². The number of esters is 1. The molecule has 2 rings (SSSR count). The lowest BCUT2D eigenvalue weighted by Crippen LogP contribution is -2.23. The molecule has 0 N–H and O–H groups in total. The molecule has 6 heteroatoms. The van der Waals surface area contributed by atoms with E-state index in [1.54, 1.807) is 11.0 Å². The summed E-state index contributed by atoms with van der Waals surface area (Å²) in [5, 5.41) is 0. The van der Waals surface area contributed by atoms with E-state index >= 15 is 0 Å². The van der Waals surface area contributed by atoms with Crippen molar-refractivity contribution in [3.8, 4) is 0 Å². The summed E-state index contributed by atoms with van der Waals surface area (Å²) in [4.78, 5) is 13.2. The molecule has 21 heavy (non-hydrogen) atoms. The number of benzene rings is 1. The van der Waals surface area contributed by atoms with Gasteiger partial charge in [0.15, 0.2) is 0 Å². The van der Waals surface area contributed by atoms with E-state index < -0.39 is 11.7 Å². The monoisotopic (exact) mass is 303 g/mol. The Kier molecular flexibility index (Phi) is 6.05. The van der Waals surface area contributed by atoms with Crippen LogP contribution in [-0.4, -0.2) is 26.2 Å². The number of carbonyl (C=O) groups is 1. The smallest absolute Gasteiger partial charge is 0.416 e. The van der Waals surface area contributed by atoms with E-state index in [1.807, 2.05) is 13.8 Å². The number of hydrogen-bond donors (Lipinski definition) is 0. The average Bonchev–Trinajstić information content (AvgIpc) is 2.97. The van der Waals surface area contributed by atoms with Crippen LogP contribution in [0.3, 0.4) is 0 Å². The normalized spacial score (nSPS) is 18.0. The minimum Gasteiger partial charge on any atom is -0.469 e. The Hall–Kier alpha value is -1.72. The number of rotatable bonds is 2. The van der Waals surface area contributed by atoms with Crippen LogP contribution >= 0.6 is 0 Å². The van der Waals surface area contributed by atoms with Crippen molar-refractivity contribution in [1.29, 1.82) is 0 Å². The van der Waals surface area contributed by atoms with Gasteiger partial charge in [0.2, 0.25) is 0 Å². The van der Waals surface area contributed by atoms with E-state index in [0.29, 0.717) is 25.2 Å². The number of carbonyl (C=O) groups excluding carboxylic acids is 1. The van der Waals surface area contributed by atoms with Gasteiger partial charge in [0.05, 0.1) is 18.6 Å². The van der Waals surface area contributed by atoms with Crippen molar-refractivity contribution >= 4 is 11.7 Å². The van der Waals surface area contributed by atoms with Gasteiger partial charge >= 0.3 is 12.1 Å².